The van der Waals surface area contributed by atoms with Crippen LogP contribution in [0.2, 0.25) is 0 Å². The minimum absolute atomic E-state index is 0.198. The molecule has 3 rings (SSSR count). The molecule has 134 valence electrons. The molecule has 0 spiro atoms. The average Bonchev–Trinajstić information content (AvgIpc) is 3.01. The zero-order valence-electron chi connectivity index (χ0n) is 14.3. The molecule has 0 radical (unpaired) electrons. The van der Waals surface area contributed by atoms with Crippen molar-refractivity contribution in [2.75, 3.05) is 11.9 Å². The molecule has 8 heteroatoms. The minimum atomic E-state index is -0.550. The number of nitrogens with two attached hydrogens (primary N) is 2. The first-order chi connectivity index (χ1) is 12.5. The molecule has 1 amide bonds. The van der Waals surface area contributed by atoms with Crippen LogP contribution in [0.25, 0.3) is 0 Å². The largest absolute Gasteiger partial charge is 0.484 e. The van der Waals surface area contributed by atoms with Crippen molar-refractivity contribution >= 4 is 11.8 Å². The number of amides is 1. The number of aryl methyl sites for hydroxylation is 1. The van der Waals surface area contributed by atoms with Gasteiger partial charge >= 0.3 is 0 Å². The number of nitriles is 1. The SMILES string of the molecule is CCCc1nc2c(o1)NC(N)=C(C#N)C2c1ccc(OCC(N)=O)cc1. The number of carbonyl (C=O) groups is 1. The van der Waals surface area contributed by atoms with Gasteiger partial charge in [0.2, 0.25) is 5.88 Å². The van der Waals surface area contributed by atoms with Crippen molar-refractivity contribution in [2.45, 2.75) is 25.7 Å². The summed E-state index contributed by atoms with van der Waals surface area (Å²) in [7, 11) is 0. The summed E-state index contributed by atoms with van der Waals surface area (Å²) in [4.78, 5) is 15.4. The third-order valence-corrected chi connectivity index (χ3v) is 3.98. The fourth-order valence-electron chi connectivity index (χ4n) is 2.83. The van der Waals surface area contributed by atoms with E-state index in [4.69, 9.17) is 20.6 Å². The number of ether oxygens (including phenoxy) is 1. The van der Waals surface area contributed by atoms with Gasteiger partial charge in [0, 0.05) is 6.42 Å². The Morgan fingerprint density at radius 3 is 2.77 bits per heavy atom. The highest BCUT2D eigenvalue weighted by Gasteiger charge is 2.33. The lowest BCUT2D eigenvalue weighted by atomic mass is 9.87. The lowest BCUT2D eigenvalue weighted by molar-refractivity contribution is -0.119. The Bertz CT molecular complexity index is 893. The molecule has 2 aromatic rings. The van der Waals surface area contributed by atoms with Crippen molar-refractivity contribution in [2.24, 2.45) is 11.5 Å². The molecule has 0 saturated carbocycles. The van der Waals surface area contributed by atoms with E-state index >= 15 is 0 Å². The summed E-state index contributed by atoms with van der Waals surface area (Å²) < 4.78 is 11.0. The summed E-state index contributed by atoms with van der Waals surface area (Å²) in [5.41, 5.74) is 12.9. The second kappa shape index (κ2) is 7.19. The molecule has 1 aromatic heterocycles. The first kappa shape index (κ1) is 17.4. The summed E-state index contributed by atoms with van der Waals surface area (Å²) in [5.74, 6) is 0.830. The molecule has 26 heavy (non-hydrogen) atoms. The second-order valence-corrected chi connectivity index (χ2v) is 5.89. The van der Waals surface area contributed by atoms with Gasteiger partial charge in [0.25, 0.3) is 5.91 Å². The lowest BCUT2D eigenvalue weighted by Gasteiger charge is -2.22. The van der Waals surface area contributed by atoms with Gasteiger partial charge in [-0.25, -0.2) is 4.98 Å². The van der Waals surface area contributed by atoms with Crippen LogP contribution in [0.1, 0.15) is 36.4 Å². The Morgan fingerprint density at radius 2 is 2.15 bits per heavy atom. The maximum Gasteiger partial charge on any atom is 0.255 e. The smallest absolute Gasteiger partial charge is 0.255 e. The average molecular weight is 353 g/mol. The topological polar surface area (TPSA) is 140 Å². The van der Waals surface area contributed by atoms with Gasteiger partial charge in [0.05, 0.1) is 17.6 Å². The number of nitrogens with one attached hydrogen (secondary N) is 1. The third kappa shape index (κ3) is 3.32. The molecule has 1 aromatic carbocycles. The van der Waals surface area contributed by atoms with Crippen molar-refractivity contribution in [3.63, 3.8) is 0 Å². The van der Waals surface area contributed by atoms with Crippen LogP contribution in [0.4, 0.5) is 5.88 Å². The molecule has 2 heterocycles. The molecule has 0 bridgehead atoms. The number of anilines is 1. The number of fused-ring (bicyclic) bond motifs is 1. The quantitative estimate of drug-likeness (QED) is 0.718. The summed E-state index contributed by atoms with van der Waals surface area (Å²) >= 11 is 0. The number of nitrogens with zero attached hydrogens (tertiary/aromatic N) is 2. The van der Waals surface area contributed by atoms with Gasteiger partial charge in [-0.05, 0) is 24.1 Å². The molecule has 1 aliphatic rings. The number of oxazole rings is 1. The minimum Gasteiger partial charge on any atom is -0.484 e. The van der Waals surface area contributed by atoms with Gasteiger partial charge in [-0.1, -0.05) is 19.1 Å². The molecule has 0 fully saturated rings. The van der Waals surface area contributed by atoms with E-state index < -0.39 is 11.8 Å². The van der Waals surface area contributed by atoms with Crippen molar-refractivity contribution < 1.29 is 13.9 Å². The number of hydrogen-bond acceptors (Lipinski definition) is 7. The zero-order chi connectivity index (χ0) is 18.7. The Hall–Kier alpha value is -3.47. The summed E-state index contributed by atoms with van der Waals surface area (Å²) in [6.45, 7) is 1.84. The van der Waals surface area contributed by atoms with Crippen molar-refractivity contribution in [1.29, 1.82) is 5.26 Å². The highest BCUT2D eigenvalue weighted by Crippen LogP contribution is 2.40. The Labute approximate surface area is 150 Å². The highest BCUT2D eigenvalue weighted by atomic mass is 16.5. The fraction of sp³-hybridized carbons (Fsp3) is 0.278. The fourth-order valence-corrected chi connectivity index (χ4v) is 2.83. The van der Waals surface area contributed by atoms with Crippen molar-refractivity contribution in [3.8, 4) is 11.8 Å². The summed E-state index contributed by atoms with van der Waals surface area (Å²) in [6.07, 6.45) is 1.59. The number of rotatable bonds is 6. The number of carbonyl (C=O) groups excluding carboxylic acids is 1. The standard InChI is InChI=1S/C18H19N5O3/c1-2-3-14-22-16-15(12(8-19)17(21)23-18(16)26-14)10-4-6-11(7-5-10)25-9-13(20)24/h4-7,15,23H,2-3,9,21H2,1H3,(H2,20,24). The normalized spacial score (nSPS) is 15.8. The molecular formula is C18H19N5O3. The van der Waals surface area contributed by atoms with Crippen LogP contribution < -0.4 is 21.5 Å². The summed E-state index contributed by atoms with van der Waals surface area (Å²) in [5, 5.41) is 12.5. The maximum absolute atomic E-state index is 10.8. The predicted molar refractivity (Wildman–Crippen MR) is 93.9 cm³/mol. The van der Waals surface area contributed by atoms with Gasteiger partial charge in [-0.15, -0.1) is 0 Å². The van der Waals surface area contributed by atoms with E-state index in [1.165, 1.54) is 0 Å². The second-order valence-electron chi connectivity index (χ2n) is 5.89. The number of hydrogen-bond donors (Lipinski definition) is 3. The molecule has 1 unspecified atom stereocenters. The molecular weight excluding hydrogens is 334 g/mol. The van der Waals surface area contributed by atoms with Gasteiger partial charge in [0.1, 0.15) is 17.3 Å². The Balaban J connectivity index is 1.96. The molecule has 0 aliphatic carbocycles. The first-order valence-electron chi connectivity index (χ1n) is 8.20. The van der Waals surface area contributed by atoms with Crippen LogP contribution in [-0.2, 0) is 11.2 Å². The predicted octanol–water partition coefficient (Wildman–Crippen LogP) is 1.74. The van der Waals surface area contributed by atoms with Crippen LogP contribution in [0.15, 0.2) is 40.1 Å². The molecule has 1 aliphatic heterocycles. The molecule has 1 atom stereocenters. The maximum atomic E-state index is 10.8. The number of allylic oxidation sites excluding steroid dienone is 1. The van der Waals surface area contributed by atoms with Crippen LogP contribution in [0.3, 0.4) is 0 Å². The van der Waals surface area contributed by atoms with E-state index in [1.807, 2.05) is 6.92 Å². The molecule has 0 saturated heterocycles. The number of aromatic nitrogens is 1. The van der Waals surface area contributed by atoms with E-state index in [1.54, 1.807) is 24.3 Å². The highest BCUT2D eigenvalue weighted by molar-refractivity contribution is 5.75. The monoisotopic (exact) mass is 353 g/mol. The van der Waals surface area contributed by atoms with Crippen LogP contribution >= 0.6 is 0 Å². The number of primary amides is 1. The van der Waals surface area contributed by atoms with Crippen LogP contribution in [0, 0.1) is 11.3 Å². The van der Waals surface area contributed by atoms with Crippen molar-refractivity contribution in [1.82, 2.24) is 4.98 Å². The Morgan fingerprint density at radius 1 is 1.42 bits per heavy atom. The third-order valence-electron chi connectivity index (χ3n) is 3.98. The first-order valence-corrected chi connectivity index (χ1v) is 8.20. The van der Waals surface area contributed by atoms with E-state index in [2.05, 4.69) is 16.4 Å². The van der Waals surface area contributed by atoms with Gasteiger partial charge in [0.15, 0.2) is 12.5 Å². The van der Waals surface area contributed by atoms with E-state index in [-0.39, 0.29) is 12.4 Å². The lowest BCUT2D eigenvalue weighted by Crippen LogP contribution is -2.22. The van der Waals surface area contributed by atoms with Gasteiger partial charge < -0.3 is 25.9 Å². The van der Waals surface area contributed by atoms with Crippen LogP contribution in [0.5, 0.6) is 5.75 Å². The zero-order valence-corrected chi connectivity index (χ0v) is 14.3. The Kier molecular flexibility index (Phi) is 4.80. The van der Waals surface area contributed by atoms with Gasteiger partial charge in [-0.2, -0.15) is 5.26 Å². The summed E-state index contributed by atoms with van der Waals surface area (Å²) in [6, 6.07) is 9.17. The van der Waals surface area contributed by atoms with Crippen molar-refractivity contribution in [3.05, 3.63) is 52.8 Å². The van der Waals surface area contributed by atoms with Gasteiger partial charge in [-0.3, -0.25) is 4.79 Å². The van der Waals surface area contributed by atoms with E-state index in [0.29, 0.717) is 35.2 Å². The van der Waals surface area contributed by atoms with Crippen LogP contribution in [-0.4, -0.2) is 17.5 Å². The van der Waals surface area contributed by atoms with E-state index in [0.717, 1.165) is 12.0 Å². The number of benzene rings is 1. The molecule has 8 nitrogen and oxygen atoms in total. The van der Waals surface area contributed by atoms with E-state index in [9.17, 15) is 10.1 Å². The molecule has 5 N–H and O–H groups in total.